The minimum Gasteiger partial charge on any atom is -0.478 e. The first-order chi connectivity index (χ1) is 8.32. The van der Waals surface area contributed by atoms with E-state index in [-0.39, 0.29) is 0 Å². The van der Waals surface area contributed by atoms with Crippen LogP contribution in [0.1, 0.15) is 41.4 Å². The van der Waals surface area contributed by atoms with Crippen LogP contribution < -0.4 is 0 Å². The van der Waals surface area contributed by atoms with Crippen LogP contribution >= 0.6 is 0 Å². The van der Waals surface area contributed by atoms with Gasteiger partial charge < -0.3 is 10.2 Å². The van der Waals surface area contributed by atoms with Gasteiger partial charge in [-0.25, -0.2) is 4.79 Å². The van der Waals surface area contributed by atoms with Crippen molar-refractivity contribution in [2.24, 2.45) is 0 Å². The Kier molecular flexibility index (Phi) is 3.05. The molecule has 18 heavy (non-hydrogen) atoms. The number of hydrogen-bond donors (Lipinski definition) is 2. The maximum Gasteiger partial charge on any atom is 0.433 e. The maximum atomic E-state index is 12.9. The first kappa shape index (κ1) is 12.9. The lowest BCUT2D eigenvalue weighted by atomic mass is 10.2. The molecular weight excluding hydrogens is 253 g/mol. The molecule has 0 aliphatic heterocycles. The smallest absolute Gasteiger partial charge is 0.433 e. The summed E-state index contributed by atoms with van der Waals surface area (Å²) in [6.07, 6.45) is -3.73. The molecule has 1 aromatic heterocycles. The molecule has 1 fully saturated rings. The van der Waals surface area contributed by atoms with Crippen LogP contribution in [0, 0.1) is 0 Å². The Labute approximate surface area is 99.8 Å². The van der Waals surface area contributed by atoms with Gasteiger partial charge in [0.1, 0.15) is 5.56 Å². The molecule has 0 bridgehead atoms. The third-order valence-corrected chi connectivity index (χ3v) is 3.05. The number of halogens is 3. The summed E-state index contributed by atoms with van der Waals surface area (Å²) >= 11 is 0. The van der Waals surface area contributed by atoms with Crippen LogP contribution in [0.5, 0.6) is 0 Å². The number of carboxylic acid groups (broad SMARTS) is 1. The molecule has 1 aromatic rings. The van der Waals surface area contributed by atoms with E-state index in [1.165, 1.54) is 0 Å². The van der Waals surface area contributed by atoms with Crippen LogP contribution in [0.25, 0.3) is 0 Å². The first-order valence-electron chi connectivity index (χ1n) is 5.38. The Balaban J connectivity index is 2.51. The molecule has 8 heteroatoms. The van der Waals surface area contributed by atoms with Crippen molar-refractivity contribution >= 4 is 5.97 Å². The summed E-state index contributed by atoms with van der Waals surface area (Å²) in [6.45, 7) is 0. The van der Waals surface area contributed by atoms with Gasteiger partial charge in [0.2, 0.25) is 0 Å². The number of hydrogen-bond acceptors (Lipinski definition) is 3. The van der Waals surface area contributed by atoms with Crippen LogP contribution in [-0.4, -0.2) is 32.1 Å². The lowest BCUT2D eigenvalue weighted by Gasteiger charge is -2.19. The molecule has 1 aliphatic carbocycles. The Morgan fingerprint density at radius 1 is 1.44 bits per heavy atom. The van der Waals surface area contributed by atoms with Crippen LogP contribution in [0.3, 0.4) is 0 Å². The number of alkyl halides is 3. The molecule has 0 saturated heterocycles. The van der Waals surface area contributed by atoms with E-state index in [1.54, 1.807) is 0 Å². The summed E-state index contributed by atoms with van der Waals surface area (Å²) < 4.78 is 39.2. The first-order valence-corrected chi connectivity index (χ1v) is 5.38. The molecule has 0 spiro atoms. The summed E-state index contributed by atoms with van der Waals surface area (Å²) in [4.78, 5) is 10.8. The standard InChI is InChI=1S/C10H11F3N2O3/c11-10(12,13)8-5(9(17)18)4-14-15(8)6-2-1-3-7(6)16/h4,6-7,16H,1-3H2,(H,17,18). The SMILES string of the molecule is O=C(O)c1cnn(C2CCCC2O)c1C(F)(F)F. The van der Waals surface area contributed by atoms with E-state index in [9.17, 15) is 23.1 Å². The van der Waals surface area contributed by atoms with Crippen molar-refractivity contribution in [3.05, 3.63) is 17.5 Å². The van der Waals surface area contributed by atoms with Gasteiger partial charge in [-0.2, -0.15) is 18.3 Å². The number of carboxylic acids is 1. The largest absolute Gasteiger partial charge is 0.478 e. The number of aliphatic hydroxyl groups excluding tert-OH is 1. The summed E-state index contributed by atoms with van der Waals surface area (Å²) in [5, 5.41) is 21.8. The summed E-state index contributed by atoms with van der Waals surface area (Å²) in [5.74, 6) is -1.68. The van der Waals surface area contributed by atoms with E-state index in [0.29, 0.717) is 30.1 Å². The van der Waals surface area contributed by atoms with Crippen LogP contribution in [0.4, 0.5) is 13.2 Å². The van der Waals surface area contributed by atoms with E-state index in [4.69, 9.17) is 5.11 Å². The molecule has 0 aromatic carbocycles. The Hall–Kier alpha value is -1.57. The summed E-state index contributed by atoms with van der Waals surface area (Å²) in [6, 6.07) is -0.810. The molecule has 100 valence electrons. The molecule has 2 unspecified atom stereocenters. The highest BCUT2D eigenvalue weighted by atomic mass is 19.4. The second kappa shape index (κ2) is 4.27. The fourth-order valence-electron chi connectivity index (χ4n) is 2.26. The van der Waals surface area contributed by atoms with E-state index in [2.05, 4.69) is 5.10 Å². The predicted octanol–water partition coefficient (Wildman–Crippen LogP) is 1.69. The normalized spacial score (nSPS) is 24.4. The molecule has 1 saturated carbocycles. The van der Waals surface area contributed by atoms with Crippen molar-refractivity contribution in [2.45, 2.75) is 37.6 Å². The fraction of sp³-hybridized carbons (Fsp3) is 0.600. The second-order valence-corrected chi connectivity index (χ2v) is 4.22. The Morgan fingerprint density at radius 2 is 2.11 bits per heavy atom. The van der Waals surface area contributed by atoms with Crippen LogP contribution in [0.15, 0.2) is 6.20 Å². The average Bonchev–Trinajstić information content (AvgIpc) is 2.80. The van der Waals surface area contributed by atoms with Crippen molar-refractivity contribution in [1.29, 1.82) is 0 Å². The number of aromatic carboxylic acids is 1. The number of aromatic nitrogens is 2. The van der Waals surface area contributed by atoms with Crippen molar-refractivity contribution < 1.29 is 28.2 Å². The summed E-state index contributed by atoms with van der Waals surface area (Å²) in [5.41, 5.74) is -2.19. The lowest BCUT2D eigenvalue weighted by Crippen LogP contribution is -2.26. The Bertz CT molecular complexity index is 469. The van der Waals surface area contributed by atoms with Gasteiger partial charge in [0.25, 0.3) is 0 Å². The van der Waals surface area contributed by atoms with Gasteiger partial charge in [0, 0.05) is 0 Å². The van der Waals surface area contributed by atoms with Crippen molar-refractivity contribution in [3.63, 3.8) is 0 Å². The highest BCUT2D eigenvalue weighted by Gasteiger charge is 2.43. The fourth-order valence-corrected chi connectivity index (χ4v) is 2.26. The molecular formula is C10H11F3N2O3. The zero-order chi connectivity index (χ0) is 13.5. The highest BCUT2D eigenvalue weighted by molar-refractivity contribution is 5.88. The number of aliphatic hydroxyl groups is 1. The average molecular weight is 264 g/mol. The lowest BCUT2D eigenvalue weighted by molar-refractivity contribution is -0.146. The number of nitrogens with zero attached hydrogens (tertiary/aromatic N) is 2. The molecule has 0 radical (unpaired) electrons. The number of carbonyl (C=O) groups is 1. The zero-order valence-corrected chi connectivity index (χ0v) is 9.18. The summed E-state index contributed by atoms with van der Waals surface area (Å²) in [7, 11) is 0. The van der Waals surface area contributed by atoms with Gasteiger partial charge in [-0.15, -0.1) is 0 Å². The molecule has 5 nitrogen and oxygen atoms in total. The topological polar surface area (TPSA) is 75.3 Å². The molecule has 2 N–H and O–H groups in total. The van der Waals surface area contributed by atoms with Gasteiger partial charge in [-0.05, 0) is 19.3 Å². The third kappa shape index (κ3) is 2.07. The predicted molar refractivity (Wildman–Crippen MR) is 53.1 cm³/mol. The van der Waals surface area contributed by atoms with Crippen LogP contribution in [0.2, 0.25) is 0 Å². The minimum atomic E-state index is -4.81. The van der Waals surface area contributed by atoms with Crippen molar-refractivity contribution in [2.75, 3.05) is 0 Å². The second-order valence-electron chi connectivity index (χ2n) is 4.22. The quantitative estimate of drug-likeness (QED) is 0.852. The van der Waals surface area contributed by atoms with E-state index in [1.807, 2.05) is 0 Å². The molecule has 2 atom stereocenters. The van der Waals surface area contributed by atoms with Crippen molar-refractivity contribution in [3.8, 4) is 0 Å². The Morgan fingerprint density at radius 3 is 2.56 bits per heavy atom. The van der Waals surface area contributed by atoms with Gasteiger partial charge in [0.05, 0.1) is 18.3 Å². The molecule has 1 aliphatic rings. The molecule has 0 amide bonds. The monoisotopic (exact) mass is 264 g/mol. The van der Waals surface area contributed by atoms with Gasteiger partial charge in [-0.3, -0.25) is 4.68 Å². The van der Waals surface area contributed by atoms with Crippen molar-refractivity contribution in [1.82, 2.24) is 9.78 Å². The van der Waals surface area contributed by atoms with E-state index in [0.717, 1.165) is 0 Å². The number of rotatable bonds is 2. The third-order valence-electron chi connectivity index (χ3n) is 3.05. The van der Waals surface area contributed by atoms with E-state index < -0.39 is 35.5 Å². The highest BCUT2D eigenvalue weighted by Crippen LogP contribution is 2.38. The minimum absolute atomic E-state index is 0.352. The maximum absolute atomic E-state index is 12.9. The van der Waals surface area contributed by atoms with Gasteiger partial charge in [0.15, 0.2) is 5.69 Å². The molecule has 1 heterocycles. The van der Waals surface area contributed by atoms with Crippen LogP contribution in [-0.2, 0) is 6.18 Å². The van der Waals surface area contributed by atoms with E-state index >= 15 is 0 Å². The van der Waals surface area contributed by atoms with Gasteiger partial charge >= 0.3 is 12.1 Å². The molecule has 2 rings (SSSR count). The van der Waals surface area contributed by atoms with Gasteiger partial charge in [-0.1, -0.05) is 0 Å². The zero-order valence-electron chi connectivity index (χ0n) is 9.18.